The maximum Gasteiger partial charge on any atom is 0.161 e. The first-order valence-corrected chi connectivity index (χ1v) is 8.54. The fourth-order valence-corrected chi connectivity index (χ4v) is 4.37. The van der Waals surface area contributed by atoms with Crippen molar-refractivity contribution < 1.29 is 0 Å². The van der Waals surface area contributed by atoms with Gasteiger partial charge in [0.15, 0.2) is 5.17 Å². The van der Waals surface area contributed by atoms with Crippen molar-refractivity contribution in [1.82, 2.24) is 0 Å². The molecular weight excluding hydrogens is 320 g/mol. The summed E-state index contributed by atoms with van der Waals surface area (Å²) in [6.45, 7) is 8.72. The van der Waals surface area contributed by atoms with E-state index in [4.69, 9.17) is 4.99 Å². The minimum absolute atomic E-state index is 0.143. The fourth-order valence-electron chi connectivity index (χ4n) is 2.37. The zero-order valence-electron chi connectivity index (χ0n) is 12.0. The van der Waals surface area contributed by atoms with E-state index in [0.29, 0.717) is 0 Å². The zero-order chi connectivity index (χ0) is 14.0. The van der Waals surface area contributed by atoms with E-state index in [0.717, 1.165) is 28.2 Å². The number of aryl methyl sites for hydroxylation is 2. The van der Waals surface area contributed by atoms with Crippen LogP contribution in [0.2, 0.25) is 0 Å². The smallest absolute Gasteiger partial charge is 0.161 e. The molecule has 1 aliphatic rings. The first-order valence-electron chi connectivity index (χ1n) is 6.76. The first-order chi connectivity index (χ1) is 8.99. The molecule has 0 bridgehead atoms. The van der Waals surface area contributed by atoms with Crippen LogP contribution < -0.4 is 5.32 Å². The van der Waals surface area contributed by atoms with Crippen LogP contribution in [-0.4, -0.2) is 16.5 Å². The van der Waals surface area contributed by atoms with E-state index in [9.17, 15) is 0 Å². The minimum atomic E-state index is 0.143. The predicted octanol–water partition coefficient (Wildman–Crippen LogP) is 5.14. The zero-order valence-corrected chi connectivity index (χ0v) is 14.4. The van der Waals surface area contributed by atoms with Gasteiger partial charge in [0.25, 0.3) is 0 Å². The van der Waals surface area contributed by atoms with E-state index in [1.165, 1.54) is 16.8 Å². The molecule has 0 amide bonds. The van der Waals surface area contributed by atoms with Crippen LogP contribution in [0.15, 0.2) is 21.6 Å². The normalized spacial score (nSPS) is 17.4. The second kappa shape index (κ2) is 5.88. The van der Waals surface area contributed by atoms with Gasteiger partial charge in [-0.05, 0) is 49.9 Å². The highest BCUT2D eigenvalue weighted by Gasteiger charge is 2.32. The molecule has 2 rings (SSSR count). The topological polar surface area (TPSA) is 24.4 Å². The number of halogens is 1. The number of hydrogen-bond donors (Lipinski definition) is 1. The minimum Gasteiger partial charge on any atom is -0.335 e. The lowest BCUT2D eigenvalue weighted by atomic mass is 9.97. The standard InChI is InChI=1S/C15H21BrN2S/c1-5-15(6-2)9-19-14(18-15)17-13-10(3)7-12(16)8-11(13)4/h7-8H,5-6,9H2,1-4H3,(H,17,18). The summed E-state index contributed by atoms with van der Waals surface area (Å²) in [6.07, 6.45) is 2.22. The summed E-state index contributed by atoms with van der Waals surface area (Å²) in [4.78, 5) is 4.91. The maximum atomic E-state index is 4.91. The number of nitrogens with one attached hydrogen (secondary N) is 1. The highest BCUT2D eigenvalue weighted by molar-refractivity contribution is 9.10. The third-order valence-electron chi connectivity index (χ3n) is 3.86. The van der Waals surface area contributed by atoms with Crippen LogP contribution >= 0.6 is 27.7 Å². The van der Waals surface area contributed by atoms with Crippen molar-refractivity contribution in [3.05, 3.63) is 27.7 Å². The Morgan fingerprint density at radius 3 is 2.32 bits per heavy atom. The van der Waals surface area contributed by atoms with Crippen molar-refractivity contribution >= 4 is 38.5 Å². The molecular formula is C15H21BrN2S. The molecule has 19 heavy (non-hydrogen) atoms. The quantitative estimate of drug-likeness (QED) is 0.823. The molecule has 0 saturated heterocycles. The Kier molecular flexibility index (Phi) is 4.62. The van der Waals surface area contributed by atoms with Gasteiger partial charge in [0, 0.05) is 15.9 Å². The predicted molar refractivity (Wildman–Crippen MR) is 90.4 cm³/mol. The molecule has 0 saturated carbocycles. The molecule has 0 radical (unpaired) electrons. The van der Waals surface area contributed by atoms with Gasteiger partial charge in [-0.25, -0.2) is 0 Å². The van der Waals surface area contributed by atoms with Crippen LogP contribution in [0.1, 0.15) is 37.8 Å². The van der Waals surface area contributed by atoms with Crippen LogP contribution in [0, 0.1) is 13.8 Å². The number of benzene rings is 1. The van der Waals surface area contributed by atoms with Gasteiger partial charge in [-0.3, -0.25) is 4.99 Å². The number of nitrogens with zero attached hydrogens (tertiary/aromatic N) is 1. The van der Waals surface area contributed by atoms with Crippen molar-refractivity contribution in [3.8, 4) is 0 Å². The Labute approximate surface area is 128 Å². The van der Waals surface area contributed by atoms with Crippen molar-refractivity contribution in [2.24, 2.45) is 4.99 Å². The van der Waals surface area contributed by atoms with Gasteiger partial charge in [0.05, 0.1) is 5.54 Å². The number of hydrogen-bond acceptors (Lipinski definition) is 3. The van der Waals surface area contributed by atoms with Gasteiger partial charge in [-0.1, -0.05) is 41.5 Å². The van der Waals surface area contributed by atoms with Gasteiger partial charge >= 0.3 is 0 Å². The molecule has 1 N–H and O–H groups in total. The highest BCUT2D eigenvalue weighted by atomic mass is 79.9. The number of anilines is 1. The Balaban J connectivity index is 2.24. The second-order valence-corrected chi connectivity index (χ2v) is 7.06. The molecule has 0 atom stereocenters. The Bertz CT molecular complexity index is 484. The lowest BCUT2D eigenvalue weighted by Crippen LogP contribution is -2.24. The number of thioether (sulfide) groups is 1. The lowest BCUT2D eigenvalue weighted by Gasteiger charge is -2.20. The first kappa shape index (κ1) is 14.9. The van der Waals surface area contributed by atoms with Crippen molar-refractivity contribution in [2.45, 2.75) is 46.1 Å². The van der Waals surface area contributed by atoms with E-state index < -0.39 is 0 Å². The van der Waals surface area contributed by atoms with Gasteiger partial charge in [-0.2, -0.15) is 0 Å². The molecule has 4 heteroatoms. The number of aliphatic imine (C=N–C) groups is 1. The van der Waals surface area contributed by atoms with Gasteiger partial charge < -0.3 is 5.32 Å². The van der Waals surface area contributed by atoms with Crippen LogP contribution in [-0.2, 0) is 0 Å². The second-order valence-electron chi connectivity index (χ2n) is 5.18. The van der Waals surface area contributed by atoms with Crippen LogP contribution in [0.3, 0.4) is 0 Å². The summed E-state index contributed by atoms with van der Waals surface area (Å²) in [5, 5.41) is 4.59. The van der Waals surface area contributed by atoms with E-state index in [1.807, 2.05) is 11.8 Å². The molecule has 104 valence electrons. The molecule has 1 aromatic carbocycles. The molecule has 0 fully saturated rings. The molecule has 0 aromatic heterocycles. The van der Waals surface area contributed by atoms with Crippen molar-refractivity contribution in [1.29, 1.82) is 0 Å². The third kappa shape index (κ3) is 3.16. The van der Waals surface area contributed by atoms with Crippen LogP contribution in [0.4, 0.5) is 5.69 Å². The molecule has 2 nitrogen and oxygen atoms in total. The summed E-state index contributed by atoms with van der Waals surface area (Å²) in [6, 6.07) is 4.28. The van der Waals surface area contributed by atoms with Crippen molar-refractivity contribution in [2.75, 3.05) is 11.1 Å². The molecule has 0 spiro atoms. The molecule has 0 unspecified atom stereocenters. The summed E-state index contributed by atoms with van der Waals surface area (Å²) >= 11 is 5.38. The lowest BCUT2D eigenvalue weighted by molar-refractivity contribution is 0.456. The highest BCUT2D eigenvalue weighted by Crippen LogP contribution is 2.35. The van der Waals surface area contributed by atoms with E-state index >= 15 is 0 Å². The summed E-state index contributed by atoms with van der Waals surface area (Å²) < 4.78 is 1.13. The van der Waals surface area contributed by atoms with Crippen LogP contribution in [0.25, 0.3) is 0 Å². The Morgan fingerprint density at radius 1 is 1.26 bits per heavy atom. The van der Waals surface area contributed by atoms with E-state index in [-0.39, 0.29) is 5.54 Å². The number of amidine groups is 1. The fraction of sp³-hybridized carbons (Fsp3) is 0.533. The summed E-state index contributed by atoms with van der Waals surface area (Å²) in [5.74, 6) is 1.09. The van der Waals surface area contributed by atoms with Gasteiger partial charge in [0.2, 0.25) is 0 Å². The molecule has 0 aliphatic carbocycles. The molecule has 1 aliphatic heterocycles. The Morgan fingerprint density at radius 2 is 1.84 bits per heavy atom. The number of rotatable bonds is 3. The van der Waals surface area contributed by atoms with Crippen LogP contribution in [0.5, 0.6) is 0 Å². The molecule has 1 aromatic rings. The van der Waals surface area contributed by atoms with Gasteiger partial charge in [0.1, 0.15) is 0 Å². The van der Waals surface area contributed by atoms with E-state index in [2.05, 4.69) is 61.1 Å². The van der Waals surface area contributed by atoms with E-state index in [1.54, 1.807) is 0 Å². The molecule has 1 heterocycles. The largest absolute Gasteiger partial charge is 0.335 e. The monoisotopic (exact) mass is 340 g/mol. The summed E-state index contributed by atoms with van der Waals surface area (Å²) in [7, 11) is 0. The maximum absolute atomic E-state index is 4.91. The van der Waals surface area contributed by atoms with Crippen molar-refractivity contribution in [3.63, 3.8) is 0 Å². The van der Waals surface area contributed by atoms with Gasteiger partial charge in [-0.15, -0.1) is 0 Å². The Hall–Kier alpha value is -0.480. The third-order valence-corrected chi connectivity index (χ3v) is 5.47. The SMILES string of the molecule is CCC1(CC)CSC(Nc2c(C)cc(Br)cc2C)=N1. The average Bonchev–Trinajstić information content (AvgIpc) is 2.78. The summed E-state index contributed by atoms with van der Waals surface area (Å²) in [5.41, 5.74) is 3.84. The average molecular weight is 341 g/mol.